The first-order valence-corrected chi connectivity index (χ1v) is 12.2. The van der Waals surface area contributed by atoms with Crippen molar-refractivity contribution >= 4 is 45.1 Å². The van der Waals surface area contributed by atoms with Crippen LogP contribution in [0.4, 0.5) is 15.6 Å². The largest absolute Gasteiger partial charge is 0.449 e. The molecule has 2 aromatic heterocycles. The summed E-state index contributed by atoms with van der Waals surface area (Å²) in [5.41, 5.74) is 2.80. The highest BCUT2D eigenvalue weighted by Crippen LogP contribution is 2.28. The minimum atomic E-state index is -0.922. The summed E-state index contributed by atoms with van der Waals surface area (Å²) < 4.78 is 5.23. The van der Waals surface area contributed by atoms with Crippen molar-refractivity contribution in [3.8, 4) is 11.3 Å². The Morgan fingerprint density at radius 2 is 2.00 bits per heavy atom. The van der Waals surface area contributed by atoms with Crippen LogP contribution in [0.15, 0.2) is 60.1 Å². The number of nitrogens with zero attached hydrogens (tertiary/aromatic N) is 2. The Labute approximate surface area is 210 Å². The SMILES string of the molecule is CC(C)COC(=O)N[C@H](Cc1c[nH]c2ccccc12)C(=O)Nc1nc(-c2cccc([N+](=O)[O-])c2)cs1. The van der Waals surface area contributed by atoms with Gasteiger partial charge in [-0.05, 0) is 17.5 Å². The number of alkyl carbamates (subject to hydrolysis) is 1. The van der Waals surface area contributed by atoms with E-state index in [-0.39, 0.29) is 24.6 Å². The number of hydrogen-bond acceptors (Lipinski definition) is 7. The molecule has 10 nitrogen and oxygen atoms in total. The molecule has 0 saturated heterocycles. The quantitative estimate of drug-likeness (QED) is 0.212. The molecule has 0 saturated carbocycles. The Kier molecular flexibility index (Phi) is 7.59. The van der Waals surface area contributed by atoms with Crippen molar-refractivity contribution in [1.29, 1.82) is 0 Å². The Balaban J connectivity index is 1.52. The fraction of sp³-hybridized carbons (Fsp3) is 0.240. The van der Waals surface area contributed by atoms with Gasteiger partial charge in [-0.25, -0.2) is 9.78 Å². The van der Waals surface area contributed by atoms with Gasteiger partial charge in [-0.2, -0.15) is 0 Å². The number of non-ortho nitro benzene ring substituents is 1. The zero-order valence-electron chi connectivity index (χ0n) is 19.7. The van der Waals surface area contributed by atoms with Crippen LogP contribution in [0.2, 0.25) is 0 Å². The lowest BCUT2D eigenvalue weighted by atomic mass is 10.0. The summed E-state index contributed by atoms with van der Waals surface area (Å²) in [5.74, 6) is -0.305. The third kappa shape index (κ3) is 6.05. The highest BCUT2D eigenvalue weighted by atomic mass is 32.1. The molecule has 3 N–H and O–H groups in total. The molecule has 2 amide bonds. The average molecular weight is 508 g/mol. The molecule has 4 aromatic rings. The van der Waals surface area contributed by atoms with E-state index >= 15 is 0 Å². The molecule has 0 aliphatic carbocycles. The highest BCUT2D eigenvalue weighted by Gasteiger charge is 2.24. The lowest BCUT2D eigenvalue weighted by molar-refractivity contribution is -0.384. The van der Waals surface area contributed by atoms with E-state index in [9.17, 15) is 19.7 Å². The minimum Gasteiger partial charge on any atom is -0.449 e. The van der Waals surface area contributed by atoms with E-state index in [1.54, 1.807) is 17.5 Å². The second-order valence-electron chi connectivity index (χ2n) is 8.59. The zero-order valence-corrected chi connectivity index (χ0v) is 20.5. The van der Waals surface area contributed by atoms with Crippen molar-refractivity contribution < 1.29 is 19.2 Å². The molecule has 4 rings (SSSR count). The lowest BCUT2D eigenvalue weighted by Gasteiger charge is -2.18. The van der Waals surface area contributed by atoms with E-state index in [4.69, 9.17) is 4.74 Å². The van der Waals surface area contributed by atoms with Gasteiger partial charge in [0.2, 0.25) is 5.91 Å². The van der Waals surface area contributed by atoms with Crippen LogP contribution in [0.5, 0.6) is 0 Å². The molecular weight excluding hydrogens is 482 g/mol. The van der Waals surface area contributed by atoms with Crippen molar-refractivity contribution in [2.24, 2.45) is 5.92 Å². The smallest absolute Gasteiger partial charge is 0.407 e. The van der Waals surface area contributed by atoms with Gasteiger partial charge in [0.25, 0.3) is 5.69 Å². The fourth-order valence-corrected chi connectivity index (χ4v) is 4.31. The van der Waals surface area contributed by atoms with Gasteiger partial charge in [0, 0.05) is 46.6 Å². The monoisotopic (exact) mass is 507 g/mol. The number of hydrogen-bond donors (Lipinski definition) is 3. The number of fused-ring (bicyclic) bond motifs is 1. The number of H-pyrrole nitrogens is 1. The van der Waals surface area contributed by atoms with Crippen LogP contribution >= 0.6 is 11.3 Å². The van der Waals surface area contributed by atoms with Gasteiger partial charge in [0.05, 0.1) is 17.2 Å². The fourth-order valence-electron chi connectivity index (χ4n) is 3.59. The minimum absolute atomic E-state index is 0.0472. The molecule has 0 radical (unpaired) electrons. The second kappa shape index (κ2) is 11.0. The summed E-state index contributed by atoms with van der Waals surface area (Å²) in [7, 11) is 0. The molecule has 36 heavy (non-hydrogen) atoms. The number of aromatic amines is 1. The summed E-state index contributed by atoms with van der Waals surface area (Å²) in [6, 6.07) is 12.9. The predicted molar refractivity (Wildman–Crippen MR) is 138 cm³/mol. The molecular formula is C25H25N5O5S. The van der Waals surface area contributed by atoms with Crippen LogP contribution in [-0.4, -0.2) is 39.5 Å². The van der Waals surface area contributed by atoms with Crippen molar-refractivity contribution in [3.05, 3.63) is 75.8 Å². The van der Waals surface area contributed by atoms with Crippen LogP contribution in [0.3, 0.4) is 0 Å². The zero-order chi connectivity index (χ0) is 25.7. The molecule has 186 valence electrons. The first-order valence-electron chi connectivity index (χ1n) is 11.3. The molecule has 0 bridgehead atoms. The number of thiazole rings is 1. The number of nitrogens with one attached hydrogen (secondary N) is 3. The van der Waals surface area contributed by atoms with Gasteiger partial charge in [-0.1, -0.05) is 44.2 Å². The first kappa shape index (κ1) is 24.9. The number of rotatable bonds is 9. The van der Waals surface area contributed by atoms with Crippen LogP contribution in [0.1, 0.15) is 19.4 Å². The van der Waals surface area contributed by atoms with Crippen molar-refractivity contribution in [2.45, 2.75) is 26.3 Å². The van der Waals surface area contributed by atoms with Crippen molar-refractivity contribution in [3.63, 3.8) is 0 Å². The molecule has 0 unspecified atom stereocenters. The van der Waals surface area contributed by atoms with Crippen LogP contribution in [-0.2, 0) is 16.0 Å². The Morgan fingerprint density at radius 1 is 1.19 bits per heavy atom. The topological polar surface area (TPSA) is 139 Å². The maximum atomic E-state index is 13.2. The molecule has 2 aromatic carbocycles. The third-order valence-electron chi connectivity index (χ3n) is 5.34. The van der Waals surface area contributed by atoms with Gasteiger partial charge in [-0.15, -0.1) is 11.3 Å². The number of benzene rings is 2. The predicted octanol–water partition coefficient (Wildman–Crippen LogP) is 5.13. The highest BCUT2D eigenvalue weighted by molar-refractivity contribution is 7.14. The molecule has 1 atom stereocenters. The van der Waals surface area contributed by atoms with E-state index in [2.05, 4.69) is 20.6 Å². The van der Waals surface area contributed by atoms with E-state index in [1.807, 2.05) is 44.3 Å². The molecule has 0 aliphatic heterocycles. The number of amides is 2. The molecule has 2 heterocycles. The number of ether oxygens (including phenoxy) is 1. The van der Waals surface area contributed by atoms with Crippen LogP contribution in [0.25, 0.3) is 22.2 Å². The Morgan fingerprint density at radius 3 is 2.78 bits per heavy atom. The summed E-state index contributed by atoms with van der Waals surface area (Å²) in [4.78, 5) is 43.8. The number of nitro benzene ring substituents is 1. The maximum absolute atomic E-state index is 13.2. The van der Waals surface area contributed by atoms with Crippen molar-refractivity contribution in [1.82, 2.24) is 15.3 Å². The maximum Gasteiger partial charge on any atom is 0.407 e. The van der Waals surface area contributed by atoms with Gasteiger partial charge in [-0.3, -0.25) is 14.9 Å². The number of aromatic nitrogens is 2. The number of para-hydroxylation sites is 1. The van der Waals surface area contributed by atoms with Gasteiger partial charge < -0.3 is 20.4 Å². The number of nitro groups is 1. The summed E-state index contributed by atoms with van der Waals surface area (Å²) in [5, 5.41) is 19.5. The van der Waals surface area contributed by atoms with Crippen LogP contribution in [0, 0.1) is 16.0 Å². The van der Waals surface area contributed by atoms with E-state index in [1.165, 1.54) is 23.5 Å². The Hall–Kier alpha value is -4.25. The number of carbonyl (C=O) groups is 2. The first-order chi connectivity index (χ1) is 17.3. The van der Waals surface area contributed by atoms with E-state index in [0.717, 1.165) is 16.5 Å². The number of anilines is 1. The third-order valence-corrected chi connectivity index (χ3v) is 6.10. The normalized spacial score (nSPS) is 11.9. The summed E-state index contributed by atoms with van der Waals surface area (Å²) in [6.45, 7) is 4.07. The Bertz CT molecular complexity index is 1400. The summed E-state index contributed by atoms with van der Waals surface area (Å²) in [6.07, 6.45) is 1.37. The molecule has 0 aliphatic rings. The van der Waals surface area contributed by atoms with E-state index < -0.39 is 23.0 Å². The van der Waals surface area contributed by atoms with Crippen LogP contribution < -0.4 is 10.6 Å². The number of carbonyl (C=O) groups excluding carboxylic acids is 2. The van der Waals surface area contributed by atoms with Crippen molar-refractivity contribution in [2.75, 3.05) is 11.9 Å². The van der Waals surface area contributed by atoms with Gasteiger partial charge in [0.15, 0.2) is 5.13 Å². The lowest BCUT2D eigenvalue weighted by Crippen LogP contribution is -2.45. The van der Waals surface area contributed by atoms with E-state index in [0.29, 0.717) is 16.4 Å². The van der Waals surface area contributed by atoms with Gasteiger partial charge >= 0.3 is 6.09 Å². The average Bonchev–Trinajstić information content (AvgIpc) is 3.50. The molecule has 0 fully saturated rings. The molecule has 0 spiro atoms. The summed E-state index contributed by atoms with van der Waals surface area (Å²) >= 11 is 1.18. The standard InChI is InChI=1S/C25H25N5O5S/c1-15(2)13-35-25(32)28-21(11-17-12-26-20-9-4-3-8-19(17)20)23(31)29-24-27-22(14-36-24)16-6-5-7-18(10-16)30(33)34/h3-10,12,14-15,21,26H,11,13H2,1-2H3,(H,28,32)(H,27,29,31)/t21-/m1/s1. The van der Waals surface area contributed by atoms with Gasteiger partial charge in [0.1, 0.15) is 6.04 Å². The second-order valence-corrected chi connectivity index (χ2v) is 9.45. The molecule has 11 heteroatoms.